The van der Waals surface area contributed by atoms with E-state index in [1.165, 1.54) is 0 Å². The first-order valence-corrected chi connectivity index (χ1v) is 7.17. The summed E-state index contributed by atoms with van der Waals surface area (Å²) in [5, 5.41) is 5.34. The molecule has 0 unspecified atom stereocenters. The van der Waals surface area contributed by atoms with E-state index in [4.69, 9.17) is 0 Å². The molecule has 0 spiro atoms. The second-order valence-electron chi connectivity index (χ2n) is 5.16. The predicted molar refractivity (Wildman–Crippen MR) is 88.1 cm³/mol. The third kappa shape index (κ3) is 3.37. The van der Waals surface area contributed by atoms with Crippen molar-refractivity contribution in [3.63, 3.8) is 0 Å². The molecule has 3 rings (SSSR count). The standard InChI is InChI=1S/C17H16N4O2/c1-21-11-19-14-9-13(7-8-15(14)21)20-16(22)10-18-17(23)12-5-3-2-4-6-12/h2-9,11H,10H2,1H3,(H,18,23)(H,20,22). The fourth-order valence-corrected chi connectivity index (χ4v) is 2.27. The molecular weight excluding hydrogens is 292 g/mol. The molecule has 23 heavy (non-hydrogen) atoms. The number of carbonyl (C=O) groups is 2. The van der Waals surface area contributed by atoms with Crippen LogP contribution in [0.3, 0.4) is 0 Å². The van der Waals surface area contributed by atoms with Gasteiger partial charge in [-0.05, 0) is 30.3 Å². The highest BCUT2D eigenvalue weighted by atomic mass is 16.2. The number of hydrogen-bond donors (Lipinski definition) is 2. The Morgan fingerprint density at radius 2 is 1.91 bits per heavy atom. The van der Waals surface area contributed by atoms with Crippen LogP contribution in [-0.2, 0) is 11.8 Å². The first-order valence-electron chi connectivity index (χ1n) is 7.17. The van der Waals surface area contributed by atoms with Gasteiger partial charge in [0, 0.05) is 18.3 Å². The van der Waals surface area contributed by atoms with Crippen LogP contribution in [0.15, 0.2) is 54.9 Å². The van der Waals surface area contributed by atoms with Gasteiger partial charge in [-0.2, -0.15) is 0 Å². The molecule has 3 aromatic rings. The van der Waals surface area contributed by atoms with E-state index in [1.54, 1.807) is 42.7 Å². The summed E-state index contributed by atoms with van der Waals surface area (Å²) in [4.78, 5) is 28.1. The number of benzene rings is 2. The summed E-state index contributed by atoms with van der Waals surface area (Å²) in [6.07, 6.45) is 1.72. The van der Waals surface area contributed by atoms with Gasteiger partial charge in [-0.3, -0.25) is 9.59 Å². The summed E-state index contributed by atoms with van der Waals surface area (Å²) < 4.78 is 1.90. The van der Waals surface area contributed by atoms with E-state index in [9.17, 15) is 9.59 Å². The van der Waals surface area contributed by atoms with Crippen LogP contribution in [0.1, 0.15) is 10.4 Å². The Bertz CT molecular complexity index is 855. The molecule has 1 heterocycles. The lowest BCUT2D eigenvalue weighted by Gasteiger charge is -2.07. The van der Waals surface area contributed by atoms with Crippen molar-refractivity contribution in [2.75, 3.05) is 11.9 Å². The minimum atomic E-state index is -0.287. The first kappa shape index (κ1) is 14.8. The highest BCUT2D eigenvalue weighted by molar-refractivity contribution is 5.99. The van der Waals surface area contributed by atoms with Gasteiger partial charge in [0.1, 0.15) is 0 Å². The summed E-state index contributed by atoms with van der Waals surface area (Å²) in [5.41, 5.74) is 2.96. The molecule has 0 aliphatic heterocycles. The molecule has 6 heteroatoms. The third-order valence-corrected chi connectivity index (χ3v) is 3.45. The lowest BCUT2D eigenvalue weighted by molar-refractivity contribution is -0.115. The monoisotopic (exact) mass is 308 g/mol. The molecular formula is C17H16N4O2. The number of anilines is 1. The molecule has 6 nitrogen and oxygen atoms in total. The van der Waals surface area contributed by atoms with Crippen molar-refractivity contribution in [1.82, 2.24) is 14.9 Å². The van der Waals surface area contributed by atoms with Gasteiger partial charge in [-0.1, -0.05) is 18.2 Å². The highest BCUT2D eigenvalue weighted by Gasteiger charge is 2.08. The Kier molecular flexibility index (Phi) is 4.05. The Morgan fingerprint density at radius 1 is 1.13 bits per heavy atom. The molecule has 2 aromatic carbocycles. The number of fused-ring (bicyclic) bond motifs is 1. The lowest BCUT2D eigenvalue weighted by Crippen LogP contribution is -2.32. The number of imidazole rings is 1. The van der Waals surface area contributed by atoms with Gasteiger partial charge in [0.15, 0.2) is 0 Å². The maximum absolute atomic E-state index is 11.9. The Morgan fingerprint density at radius 3 is 2.70 bits per heavy atom. The third-order valence-electron chi connectivity index (χ3n) is 3.45. The Balaban J connectivity index is 1.59. The molecule has 116 valence electrons. The largest absolute Gasteiger partial charge is 0.343 e. The van der Waals surface area contributed by atoms with Crippen LogP contribution in [0.25, 0.3) is 11.0 Å². The number of rotatable bonds is 4. The molecule has 2 N–H and O–H groups in total. The average Bonchev–Trinajstić information content (AvgIpc) is 2.94. The molecule has 0 radical (unpaired) electrons. The molecule has 0 aliphatic carbocycles. The number of aromatic nitrogens is 2. The van der Waals surface area contributed by atoms with E-state index in [1.807, 2.05) is 23.7 Å². The number of nitrogens with zero attached hydrogens (tertiary/aromatic N) is 2. The van der Waals surface area contributed by atoms with Gasteiger partial charge >= 0.3 is 0 Å². The fraction of sp³-hybridized carbons (Fsp3) is 0.118. The zero-order valence-corrected chi connectivity index (χ0v) is 12.6. The molecule has 0 aliphatic rings. The second-order valence-corrected chi connectivity index (χ2v) is 5.16. The molecule has 0 bridgehead atoms. The SMILES string of the molecule is Cn1cnc2cc(NC(=O)CNC(=O)c3ccccc3)ccc21. The summed E-state index contributed by atoms with van der Waals surface area (Å²) in [6.45, 7) is -0.0893. The van der Waals surface area contributed by atoms with Gasteiger partial charge < -0.3 is 15.2 Å². The minimum absolute atomic E-state index is 0.0893. The van der Waals surface area contributed by atoms with Crippen molar-refractivity contribution < 1.29 is 9.59 Å². The summed E-state index contributed by atoms with van der Waals surface area (Å²) in [6, 6.07) is 14.3. The molecule has 1 aromatic heterocycles. The van der Waals surface area contributed by atoms with E-state index in [0.717, 1.165) is 11.0 Å². The number of hydrogen-bond acceptors (Lipinski definition) is 3. The van der Waals surface area contributed by atoms with Crippen LogP contribution >= 0.6 is 0 Å². The summed E-state index contributed by atoms with van der Waals surface area (Å²) >= 11 is 0. The van der Waals surface area contributed by atoms with Crippen molar-refractivity contribution in [3.05, 3.63) is 60.4 Å². The highest BCUT2D eigenvalue weighted by Crippen LogP contribution is 2.17. The molecule has 2 amide bonds. The summed E-state index contributed by atoms with van der Waals surface area (Å²) in [5.74, 6) is -0.564. The van der Waals surface area contributed by atoms with Crippen molar-refractivity contribution in [2.45, 2.75) is 0 Å². The van der Waals surface area contributed by atoms with Gasteiger partial charge in [0.2, 0.25) is 5.91 Å². The van der Waals surface area contributed by atoms with E-state index in [2.05, 4.69) is 15.6 Å². The zero-order chi connectivity index (χ0) is 16.2. The van der Waals surface area contributed by atoms with Crippen molar-refractivity contribution in [2.24, 2.45) is 7.05 Å². The fourth-order valence-electron chi connectivity index (χ4n) is 2.27. The predicted octanol–water partition coefficient (Wildman–Crippen LogP) is 1.94. The maximum Gasteiger partial charge on any atom is 0.251 e. The molecule has 0 saturated carbocycles. The Labute approximate surface area is 133 Å². The quantitative estimate of drug-likeness (QED) is 0.773. The average molecular weight is 308 g/mol. The van der Waals surface area contributed by atoms with Gasteiger partial charge in [-0.15, -0.1) is 0 Å². The van der Waals surface area contributed by atoms with E-state index in [0.29, 0.717) is 11.3 Å². The summed E-state index contributed by atoms with van der Waals surface area (Å²) in [7, 11) is 1.91. The number of amides is 2. The van der Waals surface area contributed by atoms with Crippen LogP contribution in [0, 0.1) is 0 Å². The minimum Gasteiger partial charge on any atom is -0.343 e. The smallest absolute Gasteiger partial charge is 0.251 e. The van der Waals surface area contributed by atoms with Crippen LogP contribution < -0.4 is 10.6 Å². The first-order chi connectivity index (χ1) is 11.1. The van der Waals surface area contributed by atoms with Gasteiger partial charge in [0.25, 0.3) is 5.91 Å². The van der Waals surface area contributed by atoms with E-state index < -0.39 is 0 Å². The topological polar surface area (TPSA) is 76.0 Å². The van der Waals surface area contributed by atoms with Crippen LogP contribution in [0.2, 0.25) is 0 Å². The zero-order valence-electron chi connectivity index (χ0n) is 12.6. The van der Waals surface area contributed by atoms with Crippen molar-refractivity contribution >= 4 is 28.5 Å². The molecule has 0 saturated heterocycles. The van der Waals surface area contributed by atoms with Gasteiger partial charge in [0.05, 0.1) is 23.9 Å². The molecule has 0 atom stereocenters. The second kappa shape index (κ2) is 6.31. The maximum atomic E-state index is 11.9. The van der Waals surface area contributed by atoms with Crippen molar-refractivity contribution in [3.8, 4) is 0 Å². The van der Waals surface area contributed by atoms with Crippen LogP contribution in [0.4, 0.5) is 5.69 Å². The Hall–Kier alpha value is -3.15. The number of nitrogens with one attached hydrogen (secondary N) is 2. The number of aryl methyl sites for hydroxylation is 1. The van der Waals surface area contributed by atoms with Crippen LogP contribution in [0.5, 0.6) is 0 Å². The lowest BCUT2D eigenvalue weighted by atomic mass is 10.2. The normalized spacial score (nSPS) is 10.5. The van der Waals surface area contributed by atoms with Gasteiger partial charge in [-0.25, -0.2) is 4.98 Å². The van der Waals surface area contributed by atoms with Crippen molar-refractivity contribution in [1.29, 1.82) is 0 Å². The van der Waals surface area contributed by atoms with E-state index >= 15 is 0 Å². The number of carbonyl (C=O) groups excluding carboxylic acids is 2. The van der Waals surface area contributed by atoms with Crippen LogP contribution in [-0.4, -0.2) is 27.9 Å². The van der Waals surface area contributed by atoms with E-state index in [-0.39, 0.29) is 18.4 Å². The molecule has 0 fully saturated rings.